The number of aliphatic hydroxyl groups excluding tert-OH is 1. The Balaban J connectivity index is 5.22. The summed E-state index contributed by atoms with van der Waals surface area (Å²) in [7, 11) is -9.92. The molecule has 3 N–H and O–H groups in total. The largest absolute Gasteiger partial charge is 0.472 e. The number of phosphoric ester groups is 2. The molecule has 17 nitrogen and oxygen atoms in total. The van der Waals surface area contributed by atoms with Gasteiger partial charge in [0.15, 0.2) is 12.2 Å². The number of carbonyl (C=O) groups excluding carboxylic acids is 4. The Hall–Kier alpha value is -1.94. The van der Waals surface area contributed by atoms with Crippen LogP contribution < -0.4 is 0 Å². The molecule has 0 aliphatic heterocycles. The van der Waals surface area contributed by atoms with Crippen LogP contribution in [-0.4, -0.2) is 96.7 Å². The van der Waals surface area contributed by atoms with Crippen LogP contribution in [0.25, 0.3) is 0 Å². The van der Waals surface area contributed by atoms with Crippen molar-refractivity contribution in [2.24, 2.45) is 0 Å². The fourth-order valence-corrected chi connectivity index (χ4v) is 15.1. The van der Waals surface area contributed by atoms with E-state index in [2.05, 4.69) is 27.7 Å². The monoisotopic (exact) mass is 1540 g/mol. The molecule has 0 radical (unpaired) electrons. The maximum absolute atomic E-state index is 13.1. The molecule has 0 rings (SSSR count). The van der Waals surface area contributed by atoms with Gasteiger partial charge in [-0.05, 0) is 25.7 Å². The molecule has 624 valence electrons. The van der Waals surface area contributed by atoms with Crippen LogP contribution >= 0.6 is 15.6 Å². The Kier molecular flexibility index (Phi) is 78.6. The van der Waals surface area contributed by atoms with Crippen LogP contribution in [0, 0.1) is 0 Å². The number of carbonyl (C=O) groups is 4. The van der Waals surface area contributed by atoms with Gasteiger partial charge >= 0.3 is 39.5 Å². The zero-order valence-corrected chi connectivity index (χ0v) is 70.5. The van der Waals surface area contributed by atoms with E-state index in [0.717, 1.165) is 89.9 Å². The van der Waals surface area contributed by atoms with E-state index in [9.17, 15) is 43.2 Å². The quantitative estimate of drug-likeness (QED) is 0.0222. The lowest BCUT2D eigenvalue weighted by molar-refractivity contribution is -0.161. The molecule has 5 atom stereocenters. The Morgan fingerprint density at radius 2 is 0.381 bits per heavy atom. The fourth-order valence-electron chi connectivity index (χ4n) is 13.5. The summed E-state index contributed by atoms with van der Waals surface area (Å²) in [6, 6.07) is 0. The Bertz CT molecular complexity index is 1980. The standard InChI is InChI=1S/C86H168O17P2/c1-5-9-13-17-21-25-29-33-35-37-39-40-41-42-44-46-49-53-57-61-65-69-73-86(91)103-82(77-97-84(89)71-67-63-59-55-51-48-45-43-38-36-34-30-26-22-18-14-10-6-2)79-101-105(94,95)99-75-80(87)74-98-104(92,93)100-78-81(76-96-83(88)70-66-62-58-54-50-32-28-24-20-16-12-8-4)102-85(90)72-68-64-60-56-52-47-31-27-23-19-15-11-7-3/h80-82,87H,5-79H2,1-4H3,(H,92,93)(H,94,95)/t80-,81+,82+/m0/s1. The Morgan fingerprint density at radius 3 is 0.562 bits per heavy atom. The third kappa shape index (κ3) is 79.9. The van der Waals surface area contributed by atoms with Crippen molar-refractivity contribution in [1.82, 2.24) is 0 Å². The first-order valence-electron chi connectivity index (χ1n) is 44.8. The number of phosphoric acid groups is 2. The maximum atomic E-state index is 13.1. The van der Waals surface area contributed by atoms with Gasteiger partial charge in [0.25, 0.3) is 0 Å². The molecule has 0 aromatic rings. The average Bonchev–Trinajstić information content (AvgIpc) is 0.916. The van der Waals surface area contributed by atoms with Crippen molar-refractivity contribution in [3.63, 3.8) is 0 Å². The lowest BCUT2D eigenvalue weighted by Gasteiger charge is -2.21. The van der Waals surface area contributed by atoms with E-state index < -0.39 is 97.5 Å². The zero-order valence-electron chi connectivity index (χ0n) is 68.7. The van der Waals surface area contributed by atoms with Crippen molar-refractivity contribution in [3.8, 4) is 0 Å². The molecular weight excluding hydrogens is 1370 g/mol. The third-order valence-corrected chi connectivity index (χ3v) is 22.3. The molecule has 19 heteroatoms. The molecule has 0 fully saturated rings. The van der Waals surface area contributed by atoms with Gasteiger partial charge in [-0.15, -0.1) is 0 Å². The van der Waals surface area contributed by atoms with E-state index in [0.29, 0.717) is 25.7 Å². The normalized spacial score (nSPS) is 13.7. The van der Waals surface area contributed by atoms with Crippen LogP contribution in [0.5, 0.6) is 0 Å². The highest BCUT2D eigenvalue weighted by atomic mass is 31.2. The molecule has 0 bridgehead atoms. The van der Waals surface area contributed by atoms with E-state index in [1.165, 1.54) is 302 Å². The number of aliphatic hydroxyl groups is 1. The highest BCUT2D eigenvalue weighted by Gasteiger charge is 2.30. The molecular formula is C86H168O17P2. The summed E-state index contributed by atoms with van der Waals surface area (Å²) >= 11 is 0. The zero-order chi connectivity index (χ0) is 76.7. The second-order valence-corrected chi connectivity index (χ2v) is 33.8. The highest BCUT2D eigenvalue weighted by Crippen LogP contribution is 2.45. The minimum Gasteiger partial charge on any atom is -0.462 e. The smallest absolute Gasteiger partial charge is 0.462 e. The van der Waals surface area contributed by atoms with Gasteiger partial charge in [-0.3, -0.25) is 37.3 Å². The van der Waals surface area contributed by atoms with Crippen molar-refractivity contribution < 1.29 is 80.2 Å². The molecule has 0 heterocycles. The second kappa shape index (κ2) is 80.1. The van der Waals surface area contributed by atoms with Gasteiger partial charge in [0.2, 0.25) is 0 Å². The van der Waals surface area contributed by atoms with Crippen molar-refractivity contribution in [2.45, 2.75) is 489 Å². The molecule has 0 saturated heterocycles. The lowest BCUT2D eigenvalue weighted by atomic mass is 10.0. The summed E-state index contributed by atoms with van der Waals surface area (Å²) in [4.78, 5) is 73.2. The minimum absolute atomic E-state index is 0.109. The predicted molar refractivity (Wildman–Crippen MR) is 432 cm³/mol. The van der Waals surface area contributed by atoms with Crippen molar-refractivity contribution >= 4 is 39.5 Å². The van der Waals surface area contributed by atoms with Gasteiger partial charge in [-0.2, -0.15) is 0 Å². The van der Waals surface area contributed by atoms with E-state index >= 15 is 0 Å². The van der Waals surface area contributed by atoms with Crippen molar-refractivity contribution in [3.05, 3.63) is 0 Å². The fraction of sp³-hybridized carbons (Fsp3) is 0.953. The SMILES string of the molecule is CCCCCCCCCCCCCCCCCCCCCCCCC(=O)O[C@H](COC(=O)CCCCCCCCCCCCCCCCCCCC)COP(=O)(O)OC[C@@H](O)COP(=O)(O)OC[C@@H](COC(=O)CCCCCCCCCCCCCC)OC(=O)CCCCCCCCCCCCCCC. The molecule has 0 saturated carbocycles. The number of rotatable bonds is 87. The van der Waals surface area contributed by atoms with Gasteiger partial charge in [-0.25, -0.2) is 9.13 Å². The Labute approximate surface area is 645 Å². The number of ether oxygens (including phenoxy) is 4. The highest BCUT2D eigenvalue weighted by molar-refractivity contribution is 7.47. The first-order valence-corrected chi connectivity index (χ1v) is 47.8. The van der Waals surface area contributed by atoms with Crippen LogP contribution in [0.1, 0.15) is 471 Å². The van der Waals surface area contributed by atoms with Gasteiger partial charge in [-0.1, -0.05) is 419 Å². The molecule has 0 spiro atoms. The summed E-state index contributed by atoms with van der Waals surface area (Å²) in [6.07, 6.45) is 75.0. The van der Waals surface area contributed by atoms with Crippen LogP contribution in [0.2, 0.25) is 0 Å². The number of unbranched alkanes of at least 4 members (excludes halogenated alkanes) is 61. The summed E-state index contributed by atoms with van der Waals surface area (Å²) in [5.74, 6) is -2.10. The summed E-state index contributed by atoms with van der Waals surface area (Å²) < 4.78 is 68.9. The van der Waals surface area contributed by atoms with E-state index in [-0.39, 0.29) is 25.7 Å². The third-order valence-electron chi connectivity index (χ3n) is 20.4. The van der Waals surface area contributed by atoms with Gasteiger partial charge in [0.1, 0.15) is 19.3 Å². The predicted octanol–water partition coefficient (Wildman–Crippen LogP) is 26.5. The first-order chi connectivity index (χ1) is 51.2. The van der Waals surface area contributed by atoms with Crippen LogP contribution in [0.3, 0.4) is 0 Å². The van der Waals surface area contributed by atoms with Crippen LogP contribution in [-0.2, 0) is 65.4 Å². The molecule has 2 unspecified atom stereocenters. The molecule has 105 heavy (non-hydrogen) atoms. The van der Waals surface area contributed by atoms with Crippen LogP contribution in [0.4, 0.5) is 0 Å². The van der Waals surface area contributed by atoms with Crippen molar-refractivity contribution in [2.75, 3.05) is 39.6 Å². The number of esters is 4. The van der Waals surface area contributed by atoms with Crippen molar-refractivity contribution in [1.29, 1.82) is 0 Å². The van der Waals surface area contributed by atoms with Crippen LogP contribution in [0.15, 0.2) is 0 Å². The molecule has 0 aromatic heterocycles. The maximum Gasteiger partial charge on any atom is 0.472 e. The number of hydrogen-bond donors (Lipinski definition) is 3. The van der Waals surface area contributed by atoms with Gasteiger partial charge in [0.05, 0.1) is 26.4 Å². The minimum atomic E-state index is -4.96. The topological polar surface area (TPSA) is 237 Å². The summed E-state index contributed by atoms with van der Waals surface area (Å²) in [5.41, 5.74) is 0. The molecule has 0 amide bonds. The summed E-state index contributed by atoms with van der Waals surface area (Å²) in [5, 5.41) is 10.7. The van der Waals surface area contributed by atoms with E-state index in [1.807, 2.05) is 0 Å². The summed E-state index contributed by atoms with van der Waals surface area (Å²) in [6.45, 7) is 5.06. The second-order valence-electron chi connectivity index (χ2n) is 30.9. The molecule has 0 aliphatic rings. The molecule has 0 aliphatic carbocycles. The lowest BCUT2D eigenvalue weighted by Crippen LogP contribution is -2.30. The van der Waals surface area contributed by atoms with Gasteiger partial charge in [0, 0.05) is 25.7 Å². The Morgan fingerprint density at radius 1 is 0.229 bits per heavy atom. The van der Waals surface area contributed by atoms with Gasteiger partial charge < -0.3 is 33.8 Å². The average molecular weight is 1540 g/mol. The molecule has 0 aromatic carbocycles. The van der Waals surface area contributed by atoms with E-state index in [1.54, 1.807) is 0 Å². The van der Waals surface area contributed by atoms with E-state index in [4.69, 9.17) is 37.0 Å². The number of hydrogen-bond acceptors (Lipinski definition) is 15. The first kappa shape index (κ1) is 103.